The molecule has 1 aromatic heterocycles. The van der Waals surface area contributed by atoms with E-state index in [-0.39, 0.29) is 0 Å². The zero-order valence-corrected chi connectivity index (χ0v) is 11.8. The molecule has 1 saturated heterocycles. The third-order valence-electron chi connectivity index (χ3n) is 4.20. The second-order valence-electron chi connectivity index (χ2n) is 5.80. The molecule has 1 aromatic carbocycles. The fourth-order valence-electron chi connectivity index (χ4n) is 3.20. The number of piperidine rings is 1. The van der Waals surface area contributed by atoms with E-state index in [4.69, 9.17) is 0 Å². The zero-order valence-electron chi connectivity index (χ0n) is 11.8. The van der Waals surface area contributed by atoms with Gasteiger partial charge in [-0.3, -0.25) is 9.88 Å². The van der Waals surface area contributed by atoms with Crippen molar-refractivity contribution in [3.63, 3.8) is 0 Å². The molecule has 1 aliphatic heterocycles. The van der Waals surface area contributed by atoms with E-state index in [1.54, 1.807) is 0 Å². The van der Waals surface area contributed by atoms with Gasteiger partial charge in [-0.15, -0.1) is 0 Å². The number of nitrogens with zero attached hydrogens (tertiary/aromatic N) is 2. The number of pyridine rings is 1. The van der Waals surface area contributed by atoms with Crippen molar-refractivity contribution in [1.29, 1.82) is 0 Å². The van der Waals surface area contributed by atoms with E-state index in [1.807, 2.05) is 0 Å². The average Bonchev–Trinajstić information content (AvgIpc) is 2.46. The van der Waals surface area contributed by atoms with Crippen LogP contribution in [-0.4, -0.2) is 22.5 Å². The molecule has 0 radical (unpaired) electrons. The summed E-state index contributed by atoms with van der Waals surface area (Å²) in [6, 6.07) is 11.9. The molecule has 100 valence electrons. The Kier molecular flexibility index (Phi) is 3.52. The minimum absolute atomic E-state index is 0.547. The van der Waals surface area contributed by atoms with Crippen molar-refractivity contribution in [2.24, 2.45) is 0 Å². The van der Waals surface area contributed by atoms with Gasteiger partial charge in [-0.25, -0.2) is 0 Å². The van der Waals surface area contributed by atoms with E-state index in [9.17, 15) is 0 Å². The summed E-state index contributed by atoms with van der Waals surface area (Å²) in [5.41, 5.74) is 2.48. The van der Waals surface area contributed by atoms with E-state index in [1.165, 1.54) is 36.8 Å². The number of likely N-dealkylation sites (tertiary alicyclic amines) is 1. The fraction of sp³-hybridized carbons (Fsp3) is 0.471. The minimum Gasteiger partial charge on any atom is -0.294 e. The first kappa shape index (κ1) is 12.6. The van der Waals surface area contributed by atoms with Crippen molar-refractivity contribution in [3.05, 3.63) is 42.1 Å². The van der Waals surface area contributed by atoms with Gasteiger partial charge in [0.05, 0.1) is 5.52 Å². The van der Waals surface area contributed by atoms with Crippen LogP contribution in [-0.2, 0) is 0 Å². The summed E-state index contributed by atoms with van der Waals surface area (Å²) in [6.45, 7) is 5.81. The summed E-state index contributed by atoms with van der Waals surface area (Å²) in [6.07, 6.45) is 6.00. The highest BCUT2D eigenvalue weighted by molar-refractivity contribution is 5.78. The predicted molar refractivity (Wildman–Crippen MR) is 80.2 cm³/mol. The van der Waals surface area contributed by atoms with Crippen molar-refractivity contribution in [3.8, 4) is 0 Å². The van der Waals surface area contributed by atoms with Crippen molar-refractivity contribution >= 4 is 10.9 Å². The van der Waals surface area contributed by atoms with Gasteiger partial charge in [-0.1, -0.05) is 24.6 Å². The molecule has 2 nitrogen and oxygen atoms in total. The highest BCUT2D eigenvalue weighted by Crippen LogP contribution is 2.33. The smallest absolute Gasteiger partial charge is 0.0702 e. The molecule has 0 amide bonds. The molecule has 2 heterocycles. The van der Waals surface area contributed by atoms with Crippen LogP contribution in [0.15, 0.2) is 36.5 Å². The standard InChI is InChI=1S/C17H22N2/c1-13(2)19-10-6-5-9-17(19)15-11-14-7-3-4-8-16(14)18-12-15/h3-4,7-8,11-13,17H,5-6,9-10H2,1-2H3/t17-/m1/s1. The molecule has 0 bridgehead atoms. The fourth-order valence-corrected chi connectivity index (χ4v) is 3.20. The van der Waals surface area contributed by atoms with Crippen molar-refractivity contribution in [2.45, 2.75) is 45.2 Å². The van der Waals surface area contributed by atoms with Crippen LogP contribution in [0.2, 0.25) is 0 Å². The van der Waals surface area contributed by atoms with Crippen LogP contribution in [0.25, 0.3) is 10.9 Å². The molecule has 1 aliphatic rings. The molecule has 1 fully saturated rings. The predicted octanol–water partition coefficient (Wildman–Crippen LogP) is 4.17. The first-order chi connectivity index (χ1) is 9.25. The summed E-state index contributed by atoms with van der Waals surface area (Å²) < 4.78 is 0. The quantitative estimate of drug-likeness (QED) is 0.799. The van der Waals surface area contributed by atoms with E-state index in [0.717, 1.165) is 5.52 Å². The van der Waals surface area contributed by atoms with E-state index < -0.39 is 0 Å². The first-order valence-electron chi connectivity index (χ1n) is 7.36. The van der Waals surface area contributed by atoms with Crippen LogP contribution in [0.3, 0.4) is 0 Å². The number of para-hydroxylation sites is 1. The van der Waals surface area contributed by atoms with E-state index in [2.05, 4.69) is 60.3 Å². The Balaban J connectivity index is 1.97. The maximum Gasteiger partial charge on any atom is 0.0702 e. The highest BCUT2D eigenvalue weighted by atomic mass is 15.2. The van der Waals surface area contributed by atoms with Crippen LogP contribution in [0.1, 0.15) is 44.7 Å². The molecule has 0 aliphatic carbocycles. The molecule has 0 N–H and O–H groups in total. The minimum atomic E-state index is 0.547. The van der Waals surface area contributed by atoms with Gasteiger partial charge in [0.25, 0.3) is 0 Å². The van der Waals surface area contributed by atoms with Crippen LogP contribution in [0, 0.1) is 0 Å². The molecule has 0 unspecified atom stereocenters. The van der Waals surface area contributed by atoms with Crippen molar-refractivity contribution < 1.29 is 0 Å². The van der Waals surface area contributed by atoms with E-state index >= 15 is 0 Å². The number of aromatic nitrogens is 1. The summed E-state index contributed by atoms with van der Waals surface area (Å²) in [5.74, 6) is 0. The second kappa shape index (κ2) is 5.30. The molecular formula is C17H22N2. The average molecular weight is 254 g/mol. The number of rotatable bonds is 2. The third-order valence-corrected chi connectivity index (χ3v) is 4.20. The molecule has 0 spiro atoms. The largest absolute Gasteiger partial charge is 0.294 e. The van der Waals surface area contributed by atoms with Gasteiger partial charge in [-0.05, 0) is 50.9 Å². The second-order valence-corrected chi connectivity index (χ2v) is 5.80. The molecule has 0 saturated carbocycles. The number of fused-ring (bicyclic) bond motifs is 1. The highest BCUT2D eigenvalue weighted by Gasteiger charge is 2.26. The number of hydrogen-bond acceptors (Lipinski definition) is 2. The van der Waals surface area contributed by atoms with Gasteiger partial charge in [0.2, 0.25) is 0 Å². The van der Waals surface area contributed by atoms with Gasteiger partial charge in [0.15, 0.2) is 0 Å². The third kappa shape index (κ3) is 2.50. The lowest BCUT2D eigenvalue weighted by atomic mass is 9.94. The van der Waals surface area contributed by atoms with Crippen LogP contribution >= 0.6 is 0 Å². The molecular weight excluding hydrogens is 232 g/mol. The topological polar surface area (TPSA) is 16.1 Å². The zero-order chi connectivity index (χ0) is 13.2. The van der Waals surface area contributed by atoms with Crippen LogP contribution < -0.4 is 0 Å². The van der Waals surface area contributed by atoms with Gasteiger partial charge in [0, 0.05) is 23.7 Å². The molecule has 19 heavy (non-hydrogen) atoms. The Bertz CT molecular complexity index is 562. The Labute approximate surface area is 115 Å². The summed E-state index contributed by atoms with van der Waals surface area (Å²) >= 11 is 0. The Morgan fingerprint density at radius 3 is 2.89 bits per heavy atom. The SMILES string of the molecule is CC(C)N1CCCC[C@@H]1c1cnc2ccccc2c1. The van der Waals surface area contributed by atoms with Gasteiger partial charge < -0.3 is 0 Å². The van der Waals surface area contributed by atoms with Crippen LogP contribution in [0.4, 0.5) is 0 Å². The van der Waals surface area contributed by atoms with Gasteiger partial charge in [-0.2, -0.15) is 0 Å². The molecule has 2 aromatic rings. The summed E-state index contributed by atoms with van der Waals surface area (Å²) in [4.78, 5) is 7.24. The normalized spacial score (nSPS) is 21.1. The summed E-state index contributed by atoms with van der Waals surface area (Å²) in [7, 11) is 0. The van der Waals surface area contributed by atoms with Crippen LogP contribution in [0.5, 0.6) is 0 Å². The Morgan fingerprint density at radius 2 is 2.05 bits per heavy atom. The maximum absolute atomic E-state index is 4.62. The number of hydrogen-bond donors (Lipinski definition) is 0. The first-order valence-corrected chi connectivity index (χ1v) is 7.36. The lowest BCUT2D eigenvalue weighted by Crippen LogP contribution is -2.38. The number of benzene rings is 1. The lowest BCUT2D eigenvalue weighted by molar-refractivity contribution is 0.112. The molecule has 2 heteroatoms. The maximum atomic E-state index is 4.62. The lowest BCUT2D eigenvalue weighted by Gasteiger charge is -2.38. The monoisotopic (exact) mass is 254 g/mol. The molecule has 1 atom stereocenters. The van der Waals surface area contributed by atoms with Crippen molar-refractivity contribution in [2.75, 3.05) is 6.54 Å². The Morgan fingerprint density at radius 1 is 1.21 bits per heavy atom. The van der Waals surface area contributed by atoms with Gasteiger partial charge in [0.1, 0.15) is 0 Å². The van der Waals surface area contributed by atoms with Crippen molar-refractivity contribution in [1.82, 2.24) is 9.88 Å². The Hall–Kier alpha value is -1.41. The van der Waals surface area contributed by atoms with Gasteiger partial charge >= 0.3 is 0 Å². The summed E-state index contributed by atoms with van der Waals surface area (Å²) in [5, 5.41) is 1.26. The molecule has 3 rings (SSSR count). The van der Waals surface area contributed by atoms with E-state index in [0.29, 0.717) is 12.1 Å².